The van der Waals surface area contributed by atoms with Crippen LogP contribution in [0.2, 0.25) is 10.0 Å². The first-order chi connectivity index (χ1) is 13.3. The Morgan fingerprint density at radius 2 is 1.82 bits per heavy atom. The maximum Gasteiger partial charge on any atom is 0.309 e. The maximum absolute atomic E-state index is 11.0. The molecule has 0 saturated carbocycles. The number of aliphatic carboxylic acids is 1. The Morgan fingerprint density at radius 3 is 2.39 bits per heavy atom. The predicted molar refractivity (Wildman–Crippen MR) is 116 cm³/mol. The van der Waals surface area contributed by atoms with E-state index in [-0.39, 0.29) is 5.92 Å². The highest BCUT2D eigenvalue weighted by Crippen LogP contribution is 2.31. The molecule has 0 unspecified atom stereocenters. The van der Waals surface area contributed by atoms with Crippen LogP contribution in [0.1, 0.15) is 47.1 Å². The van der Waals surface area contributed by atoms with E-state index in [0.717, 1.165) is 39.6 Å². The van der Waals surface area contributed by atoms with E-state index in [1.54, 1.807) is 0 Å². The molecule has 0 aliphatic carbocycles. The standard InChI is InChI=1S/C23H27Cl2NO2/c1-4-17(18-7-14(2)22(25)15(3)8-18)9-16-5-6-21(24)19(10-16)11-26-12-20(13-26)23(27)28/h5-8,10,17,20H,4,9,11-13H2,1-3H3,(H,27,28)/t17-/m0/s1. The predicted octanol–water partition coefficient (Wildman–Crippen LogP) is 5.86. The van der Waals surface area contributed by atoms with E-state index >= 15 is 0 Å². The second kappa shape index (κ2) is 8.86. The second-order valence-electron chi connectivity index (χ2n) is 7.93. The highest BCUT2D eigenvalue weighted by Gasteiger charge is 2.32. The fourth-order valence-corrected chi connectivity index (χ4v) is 4.26. The summed E-state index contributed by atoms with van der Waals surface area (Å²) in [5.41, 5.74) is 5.90. The number of benzene rings is 2. The minimum Gasteiger partial charge on any atom is -0.481 e. The lowest BCUT2D eigenvalue weighted by molar-refractivity contribution is -0.147. The van der Waals surface area contributed by atoms with Crippen LogP contribution in [0.5, 0.6) is 0 Å². The van der Waals surface area contributed by atoms with Crippen LogP contribution in [-0.2, 0) is 17.8 Å². The zero-order valence-electron chi connectivity index (χ0n) is 16.6. The van der Waals surface area contributed by atoms with Gasteiger partial charge in [-0.1, -0.05) is 54.4 Å². The molecular weight excluding hydrogens is 393 g/mol. The molecule has 0 radical (unpaired) electrons. The van der Waals surface area contributed by atoms with E-state index in [2.05, 4.69) is 49.9 Å². The number of carboxylic acids is 1. The number of hydrogen-bond acceptors (Lipinski definition) is 2. The first-order valence-electron chi connectivity index (χ1n) is 9.77. The topological polar surface area (TPSA) is 40.5 Å². The first kappa shape index (κ1) is 21.2. The molecule has 1 saturated heterocycles. The number of carboxylic acid groups (broad SMARTS) is 1. The SMILES string of the molecule is CC[C@@H](Cc1ccc(Cl)c(CN2CC(C(=O)O)C2)c1)c1cc(C)c(Cl)c(C)c1. The van der Waals surface area contributed by atoms with Gasteiger partial charge in [-0.25, -0.2) is 0 Å². The zero-order chi connectivity index (χ0) is 20.4. The molecule has 3 rings (SSSR count). The highest BCUT2D eigenvalue weighted by molar-refractivity contribution is 6.32. The maximum atomic E-state index is 11.0. The van der Waals surface area contributed by atoms with Crippen LogP contribution in [0.15, 0.2) is 30.3 Å². The average molecular weight is 420 g/mol. The van der Waals surface area contributed by atoms with Gasteiger partial charge >= 0.3 is 5.97 Å². The number of nitrogens with zero attached hydrogens (tertiary/aromatic N) is 1. The second-order valence-corrected chi connectivity index (χ2v) is 8.72. The van der Waals surface area contributed by atoms with Gasteiger partial charge in [0.25, 0.3) is 0 Å². The smallest absolute Gasteiger partial charge is 0.309 e. The minimum atomic E-state index is -0.713. The quantitative estimate of drug-likeness (QED) is 0.610. The van der Waals surface area contributed by atoms with Gasteiger partial charge in [-0.3, -0.25) is 9.69 Å². The average Bonchev–Trinajstić information content (AvgIpc) is 2.61. The molecule has 0 amide bonds. The molecule has 2 aromatic carbocycles. The highest BCUT2D eigenvalue weighted by atomic mass is 35.5. The fourth-order valence-electron chi connectivity index (χ4n) is 3.97. The Hall–Kier alpha value is -1.55. The van der Waals surface area contributed by atoms with Crippen LogP contribution in [0, 0.1) is 19.8 Å². The summed E-state index contributed by atoms with van der Waals surface area (Å²) in [5.74, 6) is -0.539. The molecule has 28 heavy (non-hydrogen) atoms. The molecule has 3 nitrogen and oxygen atoms in total. The van der Waals surface area contributed by atoms with E-state index in [1.807, 2.05) is 6.07 Å². The van der Waals surface area contributed by atoms with Crippen molar-refractivity contribution in [1.29, 1.82) is 0 Å². The van der Waals surface area contributed by atoms with Gasteiger partial charge in [-0.2, -0.15) is 0 Å². The monoisotopic (exact) mass is 419 g/mol. The van der Waals surface area contributed by atoms with E-state index in [4.69, 9.17) is 28.3 Å². The Labute approximate surface area is 177 Å². The molecule has 1 fully saturated rings. The third-order valence-electron chi connectivity index (χ3n) is 5.72. The van der Waals surface area contributed by atoms with E-state index in [9.17, 15) is 4.79 Å². The molecular formula is C23H27Cl2NO2. The van der Waals surface area contributed by atoms with Crippen molar-refractivity contribution in [2.75, 3.05) is 13.1 Å². The molecule has 0 spiro atoms. The lowest BCUT2D eigenvalue weighted by Gasteiger charge is -2.36. The Kier molecular flexibility index (Phi) is 6.69. The third kappa shape index (κ3) is 4.71. The first-order valence-corrected chi connectivity index (χ1v) is 10.5. The van der Waals surface area contributed by atoms with Gasteiger partial charge in [-0.15, -0.1) is 0 Å². The van der Waals surface area contributed by atoms with E-state index in [0.29, 0.717) is 25.6 Å². The lowest BCUT2D eigenvalue weighted by atomic mass is 9.87. The number of likely N-dealkylation sites (tertiary alicyclic amines) is 1. The molecule has 1 aliphatic rings. The van der Waals surface area contributed by atoms with Crippen LogP contribution in [0.3, 0.4) is 0 Å². The van der Waals surface area contributed by atoms with E-state index < -0.39 is 5.97 Å². The minimum absolute atomic E-state index is 0.247. The third-order valence-corrected chi connectivity index (χ3v) is 6.68. The van der Waals surface area contributed by atoms with Gasteiger partial charge < -0.3 is 5.11 Å². The van der Waals surface area contributed by atoms with Gasteiger partial charge in [0.1, 0.15) is 0 Å². The normalized spacial score (nSPS) is 16.0. The van der Waals surface area contributed by atoms with Gasteiger partial charge in [0.2, 0.25) is 0 Å². The summed E-state index contributed by atoms with van der Waals surface area (Å²) in [5, 5.41) is 10.6. The van der Waals surface area contributed by atoms with Crippen LogP contribution < -0.4 is 0 Å². The number of aryl methyl sites for hydroxylation is 2. The lowest BCUT2D eigenvalue weighted by Crippen LogP contribution is -2.49. The fraction of sp³-hybridized carbons (Fsp3) is 0.435. The van der Waals surface area contributed by atoms with Crippen molar-refractivity contribution < 1.29 is 9.90 Å². The summed E-state index contributed by atoms with van der Waals surface area (Å²) in [6.07, 6.45) is 1.99. The molecule has 2 aromatic rings. The molecule has 150 valence electrons. The Morgan fingerprint density at radius 1 is 1.18 bits per heavy atom. The molecule has 1 atom stereocenters. The van der Waals surface area contributed by atoms with Crippen molar-refractivity contribution in [3.8, 4) is 0 Å². The van der Waals surface area contributed by atoms with Gasteiger partial charge in [0.15, 0.2) is 0 Å². The molecule has 1 N–H and O–H groups in total. The van der Waals surface area contributed by atoms with Crippen molar-refractivity contribution in [3.05, 3.63) is 68.2 Å². The molecule has 0 aromatic heterocycles. The van der Waals surface area contributed by atoms with Crippen LogP contribution in [0.4, 0.5) is 0 Å². The Bertz CT molecular complexity index is 852. The molecule has 1 aliphatic heterocycles. The number of hydrogen-bond donors (Lipinski definition) is 1. The van der Waals surface area contributed by atoms with Gasteiger partial charge in [0.05, 0.1) is 5.92 Å². The van der Waals surface area contributed by atoms with Gasteiger partial charge in [0, 0.05) is 29.7 Å². The van der Waals surface area contributed by atoms with Crippen molar-refractivity contribution >= 4 is 29.2 Å². The zero-order valence-corrected chi connectivity index (χ0v) is 18.1. The van der Waals surface area contributed by atoms with Crippen molar-refractivity contribution in [3.63, 3.8) is 0 Å². The summed E-state index contributed by atoms with van der Waals surface area (Å²) in [6.45, 7) is 8.22. The van der Waals surface area contributed by atoms with Crippen LogP contribution >= 0.6 is 23.2 Å². The number of carbonyl (C=O) groups is 1. The van der Waals surface area contributed by atoms with Crippen LogP contribution in [-0.4, -0.2) is 29.1 Å². The molecule has 1 heterocycles. The van der Waals surface area contributed by atoms with E-state index in [1.165, 1.54) is 11.1 Å². The summed E-state index contributed by atoms with van der Waals surface area (Å²) in [4.78, 5) is 13.1. The van der Waals surface area contributed by atoms with Gasteiger partial charge in [-0.05, 0) is 66.5 Å². The molecule has 0 bridgehead atoms. The number of halogens is 2. The summed E-state index contributed by atoms with van der Waals surface area (Å²) in [6, 6.07) is 10.6. The number of rotatable bonds is 7. The van der Waals surface area contributed by atoms with Crippen molar-refractivity contribution in [1.82, 2.24) is 4.90 Å². The van der Waals surface area contributed by atoms with Crippen LogP contribution in [0.25, 0.3) is 0 Å². The summed E-state index contributed by atoms with van der Waals surface area (Å²) in [7, 11) is 0. The van der Waals surface area contributed by atoms with Crippen molar-refractivity contribution in [2.45, 2.75) is 46.1 Å². The Balaban J connectivity index is 1.74. The largest absolute Gasteiger partial charge is 0.481 e. The summed E-state index contributed by atoms with van der Waals surface area (Å²) >= 11 is 12.7. The molecule has 5 heteroatoms. The van der Waals surface area contributed by atoms with Crippen molar-refractivity contribution in [2.24, 2.45) is 5.92 Å². The summed E-state index contributed by atoms with van der Waals surface area (Å²) < 4.78 is 0.